The molecule has 0 fully saturated rings. The second-order valence-electron chi connectivity index (χ2n) is 5.79. The van der Waals surface area contributed by atoms with E-state index in [-0.39, 0.29) is 5.91 Å². The maximum Gasteiger partial charge on any atom is 0.220 e. The van der Waals surface area contributed by atoms with E-state index in [1.54, 1.807) is 0 Å². The molecule has 0 aromatic heterocycles. The van der Waals surface area contributed by atoms with E-state index in [0.29, 0.717) is 18.4 Å². The van der Waals surface area contributed by atoms with E-state index < -0.39 is 0 Å². The van der Waals surface area contributed by atoms with E-state index in [2.05, 4.69) is 48.6 Å². The number of amides is 1. The SMILES string of the molecule is CC(C)N(C)CCNC(=O)CC1CNc2ccccc21. The summed E-state index contributed by atoms with van der Waals surface area (Å²) in [6.07, 6.45) is 0.565. The van der Waals surface area contributed by atoms with Crippen LogP contribution >= 0.6 is 0 Å². The molecule has 4 heteroatoms. The average molecular weight is 275 g/mol. The number of para-hydroxylation sites is 1. The predicted molar refractivity (Wildman–Crippen MR) is 83.1 cm³/mol. The third-order valence-electron chi connectivity index (χ3n) is 4.04. The number of nitrogens with zero attached hydrogens (tertiary/aromatic N) is 1. The molecule has 110 valence electrons. The molecule has 2 N–H and O–H groups in total. The number of likely N-dealkylation sites (N-methyl/N-ethyl adjacent to an activating group) is 1. The molecule has 0 saturated heterocycles. The minimum Gasteiger partial charge on any atom is -0.384 e. The van der Waals surface area contributed by atoms with Crippen molar-refractivity contribution in [3.63, 3.8) is 0 Å². The highest BCUT2D eigenvalue weighted by atomic mass is 16.1. The third kappa shape index (κ3) is 3.73. The van der Waals surface area contributed by atoms with Gasteiger partial charge in [0.1, 0.15) is 0 Å². The fraction of sp³-hybridized carbons (Fsp3) is 0.562. The van der Waals surface area contributed by atoms with Crippen molar-refractivity contribution >= 4 is 11.6 Å². The first-order chi connectivity index (χ1) is 9.58. The molecule has 0 radical (unpaired) electrons. The molecule has 1 aliphatic heterocycles. The molecular weight excluding hydrogens is 250 g/mol. The van der Waals surface area contributed by atoms with Crippen LogP contribution in [0.15, 0.2) is 24.3 Å². The van der Waals surface area contributed by atoms with E-state index in [0.717, 1.165) is 19.6 Å². The van der Waals surface area contributed by atoms with Gasteiger partial charge in [-0.15, -0.1) is 0 Å². The summed E-state index contributed by atoms with van der Waals surface area (Å²) < 4.78 is 0. The quantitative estimate of drug-likeness (QED) is 0.835. The van der Waals surface area contributed by atoms with E-state index in [1.807, 2.05) is 12.1 Å². The van der Waals surface area contributed by atoms with Crippen molar-refractivity contribution in [3.05, 3.63) is 29.8 Å². The summed E-state index contributed by atoms with van der Waals surface area (Å²) in [4.78, 5) is 14.2. The maximum absolute atomic E-state index is 12.0. The van der Waals surface area contributed by atoms with Crippen LogP contribution in [0.1, 0.15) is 31.7 Å². The van der Waals surface area contributed by atoms with Gasteiger partial charge in [0.15, 0.2) is 0 Å². The van der Waals surface area contributed by atoms with Gasteiger partial charge in [0, 0.05) is 43.7 Å². The summed E-state index contributed by atoms with van der Waals surface area (Å²) in [7, 11) is 2.08. The largest absolute Gasteiger partial charge is 0.384 e. The van der Waals surface area contributed by atoms with Crippen molar-refractivity contribution in [2.75, 3.05) is 32.0 Å². The standard InChI is InChI=1S/C16H25N3O/c1-12(2)19(3)9-8-17-16(20)10-13-11-18-15-7-5-4-6-14(13)15/h4-7,12-13,18H,8-11H2,1-3H3,(H,17,20). The van der Waals surface area contributed by atoms with Gasteiger partial charge in [0.2, 0.25) is 5.91 Å². The molecule has 20 heavy (non-hydrogen) atoms. The molecule has 1 atom stereocenters. The fourth-order valence-electron chi connectivity index (χ4n) is 2.47. The Kier molecular flexibility index (Phi) is 5.01. The van der Waals surface area contributed by atoms with Crippen LogP contribution in [0.2, 0.25) is 0 Å². The van der Waals surface area contributed by atoms with Gasteiger partial charge in [-0.3, -0.25) is 4.79 Å². The van der Waals surface area contributed by atoms with Crippen LogP contribution in [0.5, 0.6) is 0 Å². The van der Waals surface area contributed by atoms with Crippen LogP contribution in [0.4, 0.5) is 5.69 Å². The Bertz CT molecular complexity index is 459. The lowest BCUT2D eigenvalue weighted by Crippen LogP contribution is -2.36. The van der Waals surface area contributed by atoms with Crippen LogP contribution in [0.25, 0.3) is 0 Å². The van der Waals surface area contributed by atoms with Crippen LogP contribution < -0.4 is 10.6 Å². The Morgan fingerprint density at radius 3 is 2.95 bits per heavy atom. The molecule has 4 nitrogen and oxygen atoms in total. The van der Waals surface area contributed by atoms with Crippen molar-refractivity contribution in [1.29, 1.82) is 0 Å². The van der Waals surface area contributed by atoms with Crippen LogP contribution in [-0.4, -0.2) is 43.5 Å². The Morgan fingerprint density at radius 2 is 2.20 bits per heavy atom. The van der Waals surface area contributed by atoms with E-state index in [9.17, 15) is 4.79 Å². The van der Waals surface area contributed by atoms with Crippen LogP contribution in [0, 0.1) is 0 Å². The molecule has 1 aliphatic rings. The first-order valence-electron chi connectivity index (χ1n) is 7.37. The first kappa shape index (κ1) is 14.9. The lowest BCUT2D eigenvalue weighted by molar-refractivity contribution is -0.121. The van der Waals surface area contributed by atoms with E-state index in [4.69, 9.17) is 0 Å². The summed E-state index contributed by atoms with van der Waals surface area (Å²) in [5, 5.41) is 6.37. The molecule has 1 aromatic carbocycles. The highest BCUT2D eigenvalue weighted by Gasteiger charge is 2.23. The highest BCUT2D eigenvalue weighted by molar-refractivity contribution is 5.78. The van der Waals surface area contributed by atoms with Crippen LogP contribution in [-0.2, 0) is 4.79 Å². The number of anilines is 1. The number of hydrogen-bond donors (Lipinski definition) is 2. The number of carbonyl (C=O) groups excluding carboxylic acids is 1. The lowest BCUT2D eigenvalue weighted by Gasteiger charge is -2.21. The number of fused-ring (bicyclic) bond motifs is 1. The molecule has 0 aliphatic carbocycles. The number of hydrogen-bond acceptors (Lipinski definition) is 3. The Labute approximate surface area is 121 Å². The van der Waals surface area contributed by atoms with Crippen molar-refractivity contribution < 1.29 is 4.79 Å². The fourth-order valence-corrected chi connectivity index (χ4v) is 2.47. The summed E-state index contributed by atoms with van der Waals surface area (Å²) in [6, 6.07) is 8.76. The smallest absolute Gasteiger partial charge is 0.220 e. The molecule has 2 rings (SSSR count). The van der Waals surface area contributed by atoms with Gasteiger partial charge in [-0.2, -0.15) is 0 Å². The number of benzene rings is 1. The molecule has 1 aromatic rings. The first-order valence-corrected chi connectivity index (χ1v) is 7.37. The zero-order valence-electron chi connectivity index (χ0n) is 12.6. The normalized spacial score (nSPS) is 17.1. The third-order valence-corrected chi connectivity index (χ3v) is 4.04. The van der Waals surface area contributed by atoms with Crippen LogP contribution in [0.3, 0.4) is 0 Å². The minimum absolute atomic E-state index is 0.144. The van der Waals surface area contributed by atoms with Crippen molar-refractivity contribution in [2.24, 2.45) is 0 Å². The second-order valence-corrected chi connectivity index (χ2v) is 5.79. The molecule has 1 unspecified atom stereocenters. The molecule has 1 amide bonds. The van der Waals surface area contributed by atoms with Gasteiger partial charge < -0.3 is 15.5 Å². The van der Waals surface area contributed by atoms with Gasteiger partial charge in [0.25, 0.3) is 0 Å². The van der Waals surface area contributed by atoms with E-state index in [1.165, 1.54) is 11.3 Å². The number of nitrogens with one attached hydrogen (secondary N) is 2. The monoisotopic (exact) mass is 275 g/mol. The zero-order valence-corrected chi connectivity index (χ0v) is 12.6. The van der Waals surface area contributed by atoms with Crippen molar-refractivity contribution in [2.45, 2.75) is 32.2 Å². The lowest BCUT2D eigenvalue weighted by atomic mass is 9.97. The van der Waals surface area contributed by atoms with Gasteiger partial charge in [0.05, 0.1) is 0 Å². The zero-order chi connectivity index (χ0) is 14.5. The van der Waals surface area contributed by atoms with Gasteiger partial charge in [-0.05, 0) is 32.5 Å². The minimum atomic E-state index is 0.144. The highest BCUT2D eigenvalue weighted by Crippen LogP contribution is 2.32. The van der Waals surface area contributed by atoms with Crippen molar-refractivity contribution in [1.82, 2.24) is 10.2 Å². The Morgan fingerprint density at radius 1 is 1.45 bits per heavy atom. The Hall–Kier alpha value is -1.55. The van der Waals surface area contributed by atoms with Gasteiger partial charge in [-0.25, -0.2) is 0 Å². The molecule has 0 bridgehead atoms. The van der Waals surface area contributed by atoms with Crippen molar-refractivity contribution in [3.8, 4) is 0 Å². The number of rotatable bonds is 6. The topological polar surface area (TPSA) is 44.4 Å². The summed E-state index contributed by atoms with van der Waals surface area (Å²) in [5.74, 6) is 0.444. The molecule has 0 spiro atoms. The predicted octanol–water partition coefficient (Wildman–Crippen LogP) is 2.04. The summed E-state index contributed by atoms with van der Waals surface area (Å²) in [5.41, 5.74) is 2.44. The van der Waals surface area contributed by atoms with Gasteiger partial charge >= 0.3 is 0 Å². The number of carbonyl (C=O) groups is 1. The molecule has 0 saturated carbocycles. The summed E-state index contributed by atoms with van der Waals surface area (Å²) in [6.45, 7) is 6.78. The average Bonchev–Trinajstić information content (AvgIpc) is 2.82. The second kappa shape index (κ2) is 6.75. The van der Waals surface area contributed by atoms with E-state index >= 15 is 0 Å². The summed E-state index contributed by atoms with van der Waals surface area (Å²) >= 11 is 0. The van der Waals surface area contributed by atoms with Gasteiger partial charge in [-0.1, -0.05) is 18.2 Å². The maximum atomic E-state index is 12.0. The Balaban J connectivity index is 1.76. The molecule has 1 heterocycles. The molecular formula is C16H25N3O.